The second-order valence-corrected chi connectivity index (χ2v) is 13.3. The molecular weight excluding hydrogens is 432 g/mol. The zero-order chi connectivity index (χ0) is 22.4. The lowest BCUT2D eigenvalue weighted by Crippen LogP contribution is -2.57. The number of carbonyl (C=O) groups excluding carboxylic acids is 1. The van der Waals surface area contributed by atoms with Gasteiger partial charge in [-0.05, 0) is 49.3 Å². The predicted molar refractivity (Wildman–Crippen MR) is 125 cm³/mol. The molecule has 31 heavy (non-hydrogen) atoms. The van der Waals surface area contributed by atoms with Gasteiger partial charge in [-0.3, -0.25) is 4.79 Å². The molecule has 0 aromatic carbocycles. The van der Waals surface area contributed by atoms with Gasteiger partial charge in [0.25, 0.3) is 16.1 Å². The van der Waals surface area contributed by atoms with Crippen molar-refractivity contribution in [2.45, 2.75) is 40.0 Å². The van der Waals surface area contributed by atoms with Crippen LogP contribution in [0.5, 0.6) is 0 Å². The second kappa shape index (κ2) is 8.74. The quantitative estimate of drug-likeness (QED) is 0.682. The van der Waals surface area contributed by atoms with E-state index in [0.29, 0.717) is 45.2 Å². The van der Waals surface area contributed by atoms with Crippen LogP contribution in [0.2, 0.25) is 0 Å². The number of nitrogens with zero attached hydrogens (tertiary/aromatic N) is 4. The Labute approximate surface area is 191 Å². The van der Waals surface area contributed by atoms with Crippen molar-refractivity contribution in [1.29, 1.82) is 0 Å². The molecule has 1 unspecified atom stereocenters. The highest BCUT2D eigenvalue weighted by Crippen LogP contribution is 2.40. The molecule has 3 aliphatic rings. The molecule has 0 spiro atoms. The summed E-state index contributed by atoms with van der Waals surface area (Å²) in [4.78, 5) is 19.3. The molecule has 0 saturated carbocycles. The summed E-state index contributed by atoms with van der Waals surface area (Å²) in [5.74, 6) is 0.712. The molecule has 0 radical (unpaired) electrons. The number of carbonyl (C=O) groups is 1. The van der Waals surface area contributed by atoms with Crippen LogP contribution in [0.25, 0.3) is 0 Å². The maximum Gasteiger partial charge on any atom is 0.282 e. The van der Waals surface area contributed by atoms with Gasteiger partial charge in [0.05, 0.1) is 4.88 Å². The highest BCUT2D eigenvalue weighted by Gasteiger charge is 2.36. The Morgan fingerprint density at radius 1 is 1.00 bits per heavy atom. The Hall–Kier alpha value is -1.00. The van der Waals surface area contributed by atoms with Gasteiger partial charge in [-0.1, -0.05) is 20.8 Å². The summed E-state index contributed by atoms with van der Waals surface area (Å²) in [6.45, 7) is 11.2. The number of fused-ring (bicyclic) bond motifs is 1. The average molecular weight is 469 g/mol. The molecule has 1 aromatic rings. The van der Waals surface area contributed by atoms with Crippen LogP contribution in [0.15, 0.2) is 6.07 Å². The molecule has 9 heteroatoms. The Bertz CT molecular complexity index is 906. The predicted octanol–water partition coefficient (Wildman–Crippen LogP) is 2.15. The van der Waals surface area contributed by atoms with E-state index in [4.69, 9.17) is 0 Å². The standard InChI is InChI=1S/C22H36N4O3S2/c1-22(2,3)18-5-6-19-17(15-18)16-20(30-19)21(27)24-9-13-26(14-10-24)31(28,29)25-11-7-23(4)8-12-25/h16,18H,5-15H2,1-4H3. The molecule has 0 bridgehead atoms. The first-order chi connectivity index (χ1) is 14.6. The molecule has 1 atom stereocenters. The third kappa shape index (κ3) is 4.85. The Morgan fingerprint density at radius 3 is 2.16 bits per heavy atom. The van der Waals surface area contributed by atoms with Crippen molar-refractivity contribution in [3.63, 3.8) is 0 Å². The lowest BCUT2D eigenvalue weighted by Gasteiger charge is -2.39. The van der Waals surface area contributed by atoms with Crippen molar-refractivity contribution >= 4 is 27.5 Å². The zero-order valence-corrected chi connectivity index (χ0v) is 20.9. The first kappa shape index (κ1) is 23.2. The van der Waals surface area contributed by atoms with E-state index >= 15 is 0 Å². The molecule has 7 nitrogen and oxygen atoms in total. The number of thiophene rings is 1. The number of piperazine rings is 2. The third-order valence-corrected chi connectivity index (χ3v) is 10.4. The van der Waals surface area contributed by atoms with Crippen molar-refractivity contribution in [1.82, 2.24) is 18.4 Å². The smallest absolute Gasteiger partial charge is 0.282 e. The summed E-state index contributed by atoms with van der Waals surface area (Å²) in [6, 6.07) is 2.10. The van der Waals surface area contributed by atoms with Gasteiger partial charge in [-0.25, -0.2) is 0 Å². The van der Waals surface area contributed by atoms with E-state index in [0.717, 1.165) is 30.8 Å². The summed E-state index contributed by atoms with van der Waals surface area (Å²) in [7, 11) is -1.43. The van der Waals surface area contributed by atoms with Gasteiger partial charge in [-0.2, -0.15) is 17.0 Å². The van der Waals surface area contributed by atoms with E-state index < -0.39 is 10.2 Å². The van der Waals surface area contributed by atoms with E-state index in [2.05, 4.69) is 31.7 Å². The van der Waals surface area contributed by atoms with Crippen molar-refractivity contribution in [3.05, 3.63) is 21.4 Å². The van der Waals surface area contributed by atoms with Crippen LogP contribution < -0.4 is 0 Å². The zero-order valence-electron chi connectivity index (χ0n) is 19.3. The summed E-state index contributed by atoms with van der Waals surface area (Å²) >= 11 is 1.64. The fourth-order valence-electron chi connectivity index (χ4n) is 4.83. The molecule has 0 N–H and O–H groups in total. The van der Waals surface area contributed by atoms with Crippen molar-refractivity contribution in [2.75, 3.05) is 59.4 Å². The number of hydrogen-bond donors (Lipinski definition) is 0. The van der Waals surface area contributed by atoms with Gasteiger partial charge in [-0.15, -0.1) is 11.3 Å². The van der Waals surface area contributed by atoms with Crippen LogP contribution >= 0.6 is 11.3 Å². The van der Waals surface area contributed by atoms with Crippen molar-refractivity contribution < 1.29 is 13.2 Å². The molecule has 1 amide bonds. The lowest BCUT2D eigenvalue weighted by molar-refractivity contribution is 0.0697. The number of hydrogen-bond acceptors (Lipinski definition) is 5. The van der Waals surface area contributed by atoms with Crippen LogP contribution in [0.3, 0.4) is 0 Å². The maximum absolute atomic E-state index is 13.1. The van der Waals surface area contributed by atoms with E-state index in [-0.39, 0.29) is 11.3 Å². The van der Waals surface area contributed by atoms with E-state index in [1.165, 1.54) is 16.9 Å². The molecule has 1 aromatic heterocycles. The number of likely N-dealkylation sites (N-methyl/N-ethyl adjacent to an activating group) is 1. The van der Waals surface area contributed by atoms with E-state index in [1.54, 1.807) is 19.9 Å². The molecule has 2 fully saturated rings. The first-order valence-corrected chi connectivity index (χ1v) is 13.6. The molecule has 4 rings (SSSR count). The highest BCUT2D eigenvalue weighted by atomic mass is 32.2. The number of rotatable bonds is 3. The summed E-state index contributed by atoms with van der Waals surface area (Å²) in [5, 5.41) is 0. The summed E-state index contributed by atoms with van der Waals surface area (Å²) < 4.78 is 29.1. The monoisotopic (exact) mass is 468 g/mol. The van der Waals surface area contributed by atoms with Crippen LogP contribution in [-0.2, 0) is 23.1 Å². The average Bonchev–Trinajstić information content (AvgIpc) is 3.16. The van der Waals surface area contributed by atoms with E-state index in [1.807, 2.05) is 11.9 Å². The number of amides is 1. The SMILES string of the molecule is CN1CCN(S(=O)(=O)N2CCN(C(=O)c3cc4c(s3)CCC(C(C)(C)C)C4)CC2)CC1. The largest absolute Gasteiger partial charge is 0.335 e. The van der Waals surface area contributed by atoms with Gasteiger partial charge < -0.3 is 9.80 Å². The Balaban J connectivity index is 1.37. The van der Waals surface area contributed by atoms with Crippen LogP contribution in [0.1, 0.15) is 47.3 Å². The first-order valence-electron chi connectivity index (χ1n) is 11.4. The highest BCUT2D eigenvalue weighted by molar-refractivity contribution is 7.86. The third-order valence-electron chi connectivity index (χ3n) is 7.16. The summed E-state index contributed by atoms with van der Waals surface area (Å²) in [5.41, 5.74) is 1.63. The van der Waals surface area contributed by atoms with Crippen molar-refractivity contribution in [3.8, 4) is 0 Å². The minimum absolute atomic E-state index is 0.0587. The van der Waals surface area contributed by atoms with Crippen LogP contribution in [-0.4, -0.2) is 92.1 Å². The molecule has 2 aliphatic heterocycles. The van der Waals surface area contributed by atoms with Gasteiger partial charge >= 0.3 is 0 Å². The summed E-state index contributed by atoms with van der Waals surface area (Å²) in [6.07, 6.45) is 3.30. The molecule has 1 aliphatic carbocycles. The van der Waals surface area contributed by atoms with Gasteiger partial charge in [0, 0.05) is 57.2 Å². The Morgan fingerprint density at radius 2 is 1.58 bits per heavy atom. The minimum Gasteiger partial charge on any atom is -0.335 e. The maximum atomic E-state index is 13.1. The normalized spacial score (nSPS) is 24.9. The molecule has 3 heterocycles. The Kier molecular flexibility index (Phi) is 6.53. The van der Waals surface area contributed by atoms with Gasteiger partial charge in [0.1, 0.15) is 0 Å². The fraction of sp³-hybridized carbons (Fsp3) is 0.773. The molecular formula is C22H36N4O3S2. The number of aryl methyl sites for hydroxylation is 1. The van der Waals surface area contributed by atoms with E-state index in [9.17, 15) is 13.2 Å². The molecule has 2 saturated heterocycles. The van der Waals surface area contributed by atoms with Crippen molar-refractivity contribution in [2.24, 2.45) is 11.3 Å². The molecule has 174 valence electrons. The van der Waals surface area contributed by atoms with Crippen LogP contribution in [0.4, 0.5) is 0 Å². The second-order valence-electron chi connectivity index (χ2n) is 10.3. The van der Waals surface area contributed by atoms with Crippen LogP contribution in [0, 0.1) is 11.3 Å². The van der Waals surface area contributed by atoms with Gasteiger partial charge in [0.2, 0.25) is 0 Å². The topological polar surface area (TPSA) is 64.2 Å². The lowest BCUT2D eigenvalue weighted by atomic mass is 9.72. The fourth-order valence-corrected chi connectivity index (χ4v) is 7.58. The van der Waals surface area contributed by atoms with Gasteiger partial charge in [0.15, 0.2) is 0 Å². The minimum atomic E-state index is -3.44.